The van der Waals surface area contributed by atoms with E-state index in [1.165, 1.54) is 5.57 Å². The van der Waals surface area contributed by atoms with Crippen LogP contribution in [0.25, 0.3) is 0 Å². The highest BCUT2D eigenvalue weighted by atomic mass is 14.0. The summed E-state index contributed by atoms with van der Waals surface area (Å²) in [7, 11) is 0. The van der Waals surface area contributed by atoms with Gasteiger partial charge in [-0.3, -0.25) is 0 Å². The standard InChI is InChI=1S/C8H11/c1-2-8-6-4-3-5-7-8/h3-4,7H,1-2,5-6H2. The van der Waals surface area contributed by atoms with E-state index >= 15 is 0 Å². The minimum Gasteiger partial charge on any atom is -0.0844 e. The van der Waals surface area contributed by atoms with Crippen molar-refractivity contribution in [3.05, 3.63) is 30.7 Å². The fourth-order valence-corrected chi connectivity index (χ4v) is 0.853. The van der Waals surface area contributed by atoms with Crippen LogP contribution in [0.1, 0.15) is 19.3 Å². The second kappa shape index (κ2) is 2.71. The molecule has 1 aliphatic rings. The molecule has 0 nitrogen and oxygen atoms in total. The zero-order valence-electron chi connectivity index (χ0n) is 5.06. The second-order valence-electron chi connectivity index (χ2n) is 2.02. The molecule has 0 amide bonds. The van der Waals surface area contributed by atoms with Gasteiger partial charge in [-0.1, -0.05) is 23.8 Å². The van der Waals surface area contributed by atoms with Gasteiger partial charge in [0, 0.05) is 0 Å². The Kier molecular flexibility index (Phi) is 1.90. The summed E-state index contributed by atoms with van der Waals surface area (Å²) < 4.78 is 0. The van der Waals surface area contributed by atoms with Gasteiger partial charge in [-0.25, -0.2) is 0 Å². The van der Waals surface area contributed by atoms with Gasteiger partial charge in [-0.05, 0) is 26.2 Å². The van der Waals surface area contributed by atoms with Crippen molar-refractivity contribution < 1.29 is 0 Å². The molecule has 0 aliphatic heterocycles. The van der Waals surface area contributed by atoms with E-state index in [4.69, 9.17) is 0 Å². The van der Waals surface area contributed by atoms with Crippen LogP contribution in [0.2, 0.25) is 0 Å². The van der Waals surface area contributed by atoms with Gasteiger partial charge in [0.05, 0.1) is 0 Å². The average molecular weight is 107 g/mol. The minimum atomic E-state index is 0.977. The van der Waals surface area contributed by atoms with Gasteiger partial charge in [0.15, 0.2) is 0 Å². The highest BCUT2D eigenvalue weighted by Gasteiger charge is 1.92. The topological polar surface area (TPSA) is 0 Å². The van der Waals surface area contributed by atoms with Crippen molar-refractivity contribution in [2.75, 3.05) is 0 Å². The SMILES string of the molecule is [CH2]CC1=CCC=CC1. The first-order chi connectivity index (χ1) is 3.93. The van der Waals surface area contributed by atoms with Crippen LogP contribution in [-0.2, 0) is 0 Å². The average Bonchev–Trinajstić information content (AvgIpc) is 1.90. The third-order valence-electron chi connectivity index (χ3n) is 1.41. The molecule has 0 aromatic carbocycles. The quantitative estimate of drug-likeness (QED) is 0.451. The lowest BCUT2D eigenvalue weighted by Gasteiger charge is -2.02. The van der Waals surface area contributed by atoms with Crippen LogP contribution in [0.4, 0.5) is 0 Å². The van der Waals surface area contributed by atoms with Gasteiger partial charge in [0.25, 0.3) is 0 Å². The molecule has 1 aliphatic carbocycles. The first kappa shape index (κ1) is 5.61. The lowest BCUT2D eigenvalue weighted by atomic mass is 10.0. The van der Waals surface area contributed by atoms with Gasteiger partial charge in [-0.15, -0.1) is 0 Å². The van der Waals surface area contributed by atoms with Crippen molar-refractivity contribution in [2.45, 2.75) is 19.3 Å². The molecule has 0 bridgehead atoms. The first-order valence-corrected chi connectivity index (χ1v) is 3.05. The van der Waals surface area contributed by atoms with Crippen LogP contribution in [0.5, 0.6) is 0 Å². The Hall–Kier alpha value is -0.520. The number of hydrogen-bond acceptors (Lipinski definition) is 0. The van der Waals surface area contributed by atoms with Crippen LogP contribution in [0.3, 0.4) is 0 Å². The summed E-state index contributed by atoms with van der Waals surface area (Å²) in [6, 6.07) is 0. The van der Waals surface area contributed by atoms with E-state index in [-0.39, 0.29) is 0 Å². The molecular formula is C8H11. The Morgan fingerprint density at radius 3 is 2.75 bits per heavy atom. The summed E-state index contributed by atoms with van der Waals surface area (Å²) in [6.07, 6.45) is 9.88. The zero-order chi connectivity index (χ0) is 5.82. The highest BCUT2D eigenvalue weighted by molar-refractivity contribution is 5.14. The van der Waals surface area contributed by atoms with Crippen LogP contribution in [0, 0.1) is 6.92 Å². The van der Waals surface area contributed by atoms with Gasteiger partial charge in [0.1, 0.15) is 0 Å². The molecule has 8 heavy (non-hydrogen) atoms. The summed E-state index contributed by atoms with van der Waals surface area (Å²) >= 11 is 0. The van der Waals surface area contributed by atoms with Crippen LogP contribution >= 0.6 is 0 Å². The van der Waals surface area contributed by atoms with Crippen molar-refractivity contribution in [1.29, 1.82) is 0 Å². The Labute approximate surface area is 50.9 Å². The summed E-state index contributed by atoms with van der Waals surface area (Å²) in [6.45, 7) is 3.81. The second-order valence-corrected chi connectivity index (χ2v) is 2.02. The summed E-state index contributed by atoms with van der Waals surface area (Å²) in [5.74, 6) is 0. The van der Waals surface area contributed by atoms with E-state index in [0.717, 1.165) is 19.3 Å². The normalized spacial score (nSPS) is 18.4. The van der Waals surface area contributed by atoms with Gasteiger partial charge < -0.3 is 0 Å². The third kappa shape index (κ3) is 1.22. The summed E-state index contributed by atoms with van der Waals surface area (Å²) in [5.41, 5.74) is 1.48. The molecule has 0 aromatic heterocycles. The molecule has 1 rings (SSSR count). The molecule has 0 saturated heterocycles. The van der Waals surface area contributed by atoms with E-state index < -0.39 is 0 Å². The van der Waals surface area contributed by atoms with Crippen molar-refractivity contribution >= 4 is 0 Å². The predicted octanol–water partition coefficient (Wildman–Crippen LogP) is 2.49. The molecule has 0 heterocycles. The van der Waals surface area contributed by atoms with E-state index in [9.17, 15) is 0 Å². The van der Waals surface area contributed by atoms with Crippen molar-refractivity contribution in [1.82, 2.24) is 0 Å². The van der Waals surface area contributed by atoms with Crippen LogP contribution in [0.15, 0.2) is 23.8 Å². The van der Waals surface area contributed by atoms with E-state index in [1.54, 1.807) is 0 Å². The summed E-state index contributed by atoms with van der Waals surface area (Å²) in [5, 5.41) is 0. The van der Waals surface area contributed by atoms with Gasteiger partial charge in [0.2, 0.25) is 0 Å². The molecule has 0 spiro atoms. The fraction of sp³-hybridized carbons (Fsp3) is 0.375. The third-order valence-corrected chi connectivity index (χ3v) is 1.41. The lowest BCUT2D eigenvalue weighted by molar-refractivity contribution is 1.05. The molecule has 0 fully saturated rings. The number of hydrogen-bond donors (Lipinski definition) is 0. The molecule has 1 radical (unpaired) electrons. The molecule has 0 unspecified atom stereocenters. The van der Waals surface area contributed by atoms with E-state index in [1.807, 2.05) is 0 Å². The van der Waals surface area contributed by atoms with Crippen molar-refractivity contribution in [2.24, 2.45) is 0 Å². The Bertz CT molecular complexity index is 118. The Morgan fingerprint density at radius 2 is 2.38 bits per heavy atom. The predicted molar refractivity (Wildman–Crippen MR) is 36.4 cm³/mol. The molecule has 43 valence electrons. The number of allylic oxidation sites excluding steroid dienone is 4. The molecule has 0 atom stereocenters. The van der Waals surface area contributed by atoms with E-state index in [0.29, 0.717) is 0 Å². The minimum absolute atomic E-state index is 0.977. The Balaban J connectivity index is 2.43. The maximum Gasteiger partial charge on any atom is -0.0139 e. The molecule has 0 saturated carbocycles. The molecule has 0 N–H and O–H groups in total. The smallest absolute Gasteiger partial charge is 0.0139 e. The van der Waals surface area contributed by atoms with Gasteiger partial charge in [-0.2, -0.15) is 0 Å². The maximum absolute atomic E-state index is 3.81. The fourth-order valence-electron chi connectivity index (χ4n) is 0.853. The maximum atomic E-state index is 3.81. The molecule has 0 heteroatoms. The number of rotatable bonds is 1. The van der Waals surface area contributed by atoms with Crippen LogP contribution < -0.4 is 0 Å². The van der Waals surface area contributed by atoms with Crippen molar-refractivity contribution in [3.8, 4) is 0 Å². The largest absolute Gasteiger partial charge is 0.0844 e. The summed E-state index contributed by atoms with van der Waals surface area (Å²) in [4.78, 5) is 0. The zero-order valence-corrected chi connectivity index (χ0v) is 5.06. The molecular weight excluding hydrogens is 96.1 g/mol. The Morgan fingerprint density at radius 1 is 1.50 bits per heavy atom. The molecule has 0 aromatic rings. The van der Waals surface area contributed by atoms with Crippen molar-refractivity contribution in [3.63, 3.8) is 0 Å². The van der Waals surface area contributed by atoms with Crippen LogP contribution in [-0.4, -0.2) is 0 Å². The monoisotopic (exact) mass is 107 g/mol. The van der Waals surface area contributed by atoms with Gasteiger partial charge >= 0.3 is 0 Å². The van der Waals surface area contributed by atoms with E-state index in [2.05, 4.69) is 25.2 Å². The first-order valence-electron chi connectivity index (χ1n) is 3.05. The lowest BCUT2D eigenvalue weighted by Crippen LogP contribution is -1.82. The highest BCUT2D eigenvalue weighted by Crippen LogP contribution is 2.12.